The number of carbonyl (C=O) groups excluding carboxylic acids is 2. The average Bonchev–Trinajstić information content (AvgIpc) is 3.29. The molecule has 2 heterocycles. The lowest BCUT2D eigenvalue weighted by Gasteiger charge is -2.26. The molecule has 0 spiro atoms. The molecule has 0 bridgehead atoms. The van der Waals surface area contributed by atoms with Crippen molar-refractivity contribution in [3.05, 3.63) is 68.5 Å². The molecule has 3 rings (SSSR count). The predicted molar refractivity (Wildman–Crippen MR) is 115 cm³/mol. The summed E-state index contributed by atoms with van der Waals surface area (Å²) in [6, 6.07) is 6.59. The number of likely N-dealkylation sites (N-methyl/N-ethyl adjacent to an activating group) is 1. The minimum absolute atomic E-state index is 0.114. The molecule has 0 saturated carbocycles. The van der Waals surface area contributed by atoms with E-state index in [0.29, 0.717) is 32.2 Å². The zero-order valence-electron chi connectivity index (χ0n) is 16.0. The number of hydrogen-bond donors (Lipinski definition) is 1. The van der Waals surface area contributed by atoms with Crippen LogP contribution in [0.15, 0.2) is 40.3 Å². The van der Waals surface area contributed by atoms with Gasteiger partial charge in [0.05, 0.1) is 30.0 Å². The number of carbonyl (C=O) groups is 2. The number of nitrogens with one attached hydrogen (secondary N) is 1. The molecule has 0 aliphatic rings. The summed E-state index contributed by atoms with van der Waals surface area (Å²) in [6.45, 7) is 3.61. The van der Waals surface area contributed by atoms with Crippen LogP contribution >= 0.6 is 34.5 Å². The molecule has 152 valence electrons. The van der Waals surface area contributed by atoms with Gasteiger partial charge >= 0.3 is 0 Å². The van der Waals surface area contributed by atoms with Gasteiger partial charge in [0, 0.05) is 22.5 Å². The molecule has 6 nitrogen and oxygen atoms in total. The molecular weight excluding hydrogens is 433 g/mol. The van der Waals surface area contributed by atoms with Gasteiger partial charge in [0.2, 0.25) is 5.91 Å². The maximum Gasteiger partial charge on any atom is 0.260 e. The normalized spacial score (nSPS) is 11.9. The van der Waals surface area contributed by atoms with Crippen molar-refractivity contribution in [2.24, 2.45) is 0 Å². The quantitative estimate of drug-likeness (QED) is 0.546. The lowest BCUT2D eigenvalue weighted by Crippen LogP contribution is -2.31. The van der Waals surface area contributed by atoms with E-state index >= 15 is 0 Å². The van der Waals surface area contributed by atoms with Crippen molar-refractivity contribution < 1.29 is 14.0 Å². The Labute approximate surface area is 182 Å². The van der Waals surface area contributed by atoms with Gasteiger partial charge in [0.15, 0.2) is 5.13 Å². The molecule has 0 radical (unpaired) electrons. The Bertz CT molecular complexity index is 1050. The predicted octanol–water partition coefficient (Wildman–Crippen LogP) is 5.37. The summed E-state index contributed by atoms with van der Waals surface area (Å²) < 4.78 is 5.14. The van der Waals surface area contributed by atoms with Crippen LogP contribution in [-0.4, -0.2) is 28.7 Å². The van der Waals surface area contributed by atoms with Crippen molar-refractivity contribution in [3.8, 4) is 0 Å². The zero-order chi connectivity index (χ0) is 21.1. The number of benzene rings is 1. The molecule has 0 aliphatic carbocycles. The van der Waals surface area contributed by atoms with Gasteiger partial charge < -0.3 is 9.32 Å². The minimum Gasteiger partial charge on any atom is -0.469 e. The molecule has 1 aromatic carbocycles. The van der Waals surface area contributed by atoms with Crippen molar-refractivity contribution >= 4 is 51.5 Å². The molecular formula is C20H19Cl2N3O3S. The molecule has 1 atom stereocenters. The van der Waals surface area contributed by atoms with Crippen molar-refractivity contribution in [1.82, 2.24) is 9.88 Å². The number of hydrogen-bond acceptors (Lipinski definition) is 5. The monoisotopic (exact) mass is 451 g/mol. The second-order valence-corrected chi connectivity index (χ2v) is 8.21. The number of halogens is 2. The van der Waals surface area contributed by atoms with E-state index in [4.69, 9.17) is 27.6 Å². The van der Waals surface area contributed by atoms with Gasteiger partial charge in [-0.1, -0.05) is 29.3 Å². The largest absolute Gasteiger partial charge is 0.469 e. The number of thiazole rings is 1. The fourth-order valence-electron chi connectivity index (χ4n) is 2.78. The first-order valence-electron chi connectivity index (χ1n) is 8.76. The van der Waals surface area contributed by atoms with Crippen LogP contribution in [0.4, 0.5) is 5.13 Å². The van der Waals surface area contributed by atoms with E-state index < -0.39 is 0 Å². The Morgan fingerprint density at radius 2 is 2.07 bits per heavy atom. The molecule has 2 aromatic heterocycles. The van der Waals surface area contributed by atoms with Gasteiger partial charge in [-0.25, -0.2) is 4.98 Å². The molecule has 0 saturated heterocycles. The van der Waals surface area contributed by atoms with Crippen LogP contribution in [0.3, 0.4) is 0 Å². The van der Waals surface area contributed by atoms with Crippen molar-refractivity contribution in [1.29, 1.82) is 0 Å². The standard InChI is InChI=1S/C20H19Cl2N3O3S/c1-11(15-5-4-13(21)8-17(15)22)25(3)18(26)9-14-10-29-20(23-14)24-19(27)16-6-7-28-12(16)2/h4-8,10-11H,9H2,1-3H3,(H,23,24,27). The molecule has 0 aliphatic heterocycles. The summed E-state index contributed by atoms with van der Waals surface area (Å²) in [6.07, 6.45) is 1.57. The highest BCUT2D eigenvalue weighted by molar-refractivity contribution is 7.14. The molecule has 0 fully saturated rings. The van der Waals surface area contributed by atoms with Crippen LogP contribution in [0, 0.1) is 6.92 Å². The Balaban J connectivity index is 1.63. The maximum atomic E-state index is 12.7. The highest BCUT2D eigenvalue weighted by atomic mass is 35.5. The lowest BCUT2D eigenvalue weighted by molar-refractivity contribution is -0.131. The molecule has 3 aromatic rings. The van der Waals surface area contributed by atoms with Gasteiger partial charge in [-0.15, -0.1) is 11.3 Å². The summed E-state index contributed by atoms with van der Waals surface area (Å²) in [5.74, 6) is 0.120. The molecule has 1 unspecified atom stereocenters. The first-order valence-corrected chi connectivity index (χ1v) is 10.4. The van der Waals surface area contributed by atoms with Crippen molar-refractivity contribution in [3.63, 3.8) is 0 Å². The Morgan fingerprint density at radius 3 is 2.72 bits per heavy atom. The molecule has 2 amide bonds. The molecule has 9 heteroatoms. The third-order valence-electron chi connectivity index (χ3n) is 4.59. The van der Waals surface area contributed by atoms with E-state index in [1.165, 1.54) is 17.6 Å². The first kappa shape index (κ1) is 21.4. The van der Waals surface area contributed by atoms with Gasteiger partial charge in [0.25, 0.3) is 5.91 Å². The van der Waals surface area contributed by atoms with Crippen LogP contribution in [0.2, 0.25) is 10.0 Å². The van der Waals surface area contributed by atoms with Crippen LogP contribution in [-0.2, 0) is 11.2 Å². The smallest absolute Gasteiger partial charge is 0.260 e. The number of nitrogens with zero attached hydrogens (tertiary/aromatic N) is 2. The summed E-state index contributed by atoms with van der Waals surface area (Å²) in [5, 5.41) is 5.96. The van der Waals surface area contributed by atoms with Gasteiger partial charge in [-0.05, 0) is 37.6 Å². The summed E-state index contributed by atoms with van der Waals surface area (Å²) >= 11 is 13.5. The first-order chi connectivity index (χ1) is 13.8. The van der Waals surface area contributed by atoms with Crippen LogP contribution in [0.1, 0.15) is 40.3 Å². The second kappa shape index (κ2) is 8.98. The fraction of sp³-hybridized carbons (Fsp3) is 0.250. The number of amides is 2. The SMILES string of the molecule is Cc1occc1C(=O)Nc1nc(CC(=O)N(C)C(C)c2ccc(Cl)cc2Cl)cs1. The number of aryl methyl sites for hydroxylation is 1. The number of aromatic nitrogens is 1. The minimum atomic E-state index is -0.299. The van der Waals surface area contributed by atoms with E-state index in [1.54, 1.807) is 42.5 Å². The second-order valence-electron chi connectivity index (χ2n) is 6.51. The van der Waals surface area contributed by atoms with Crippen molar-refractivity contribution in [2.75, 3.05) is 12.4 Å². The van der Waals surface area contributed by atoms with Crippen LogP contribution in [0.25, 0.3) is 0 Å². The highest BCUT2D eigenvalue weighted by Crippen LogP contribution is 2.29. The van der Waals surface area contributed by atoms with E-state index in [-0.39, 0.29) is 24.3 Å². The number of furan rings is 1. The Morgan fingerprint density at radius 1 is 1.31 bits per heavy atom. The molecule has 1 N–H and O–H groups in total. The third kappa shape index (κ3) is 4.98. The molecule has 29 heavy (non-hydrogen) atoms. The highest BCUT2D eigenvalue weighted by Gasteiger charge is 2.21. The summed E-state index contributed by atoms with van der Waals surface area (Å²) in [5.41, 5.74) is 1.85. The van der Waals surface area contributed by atoms with E-state index in [0.717, 1.165) is 5.56 Å². The zero-order valence-corrected chi connectivity index (χ0v) is 18.4. The summed E-state index contributed by atoms with van der Waals surface area (Å²) in [7, 11) is 1.72. The maximum absolute atomic E-state index is 12.7. The number of anilines is 1. The lowest BCUT2D eigenvalue weighted by atomic mass is 10.1. The number of rotatable bonds is 6. The van der Waals surface area contributed by atoms with Gasteiger partial charge in [-0.3, -0.25) is 14.9 Å². The summed E-state index contributed by atoms with van der Waals surface area (Å²) in [4.78, 5) is 30.9. The Hall–Kier alpha value is -2.35. The van der Waals surface area contributed by atoms with Gasteiger partial charge in [-0.2, -0.15) is 0 Å². The fourth-order valence-corrected chi connectivity index (χ4v) is 4.05. The van der Waals surface area contributed by atoms with Gasteiger partial charge in [0.1, 0.15) is 5.76 Å². The van der Waals surface area contributed by atoms with Crippen molar-refractivity contribution in [2.45, 2.75) is 26.3 Å². The van der Waals surface area contributed by atoms with E-state index in [9.17, 15) is 9.59 Å². The average molecular weight is 452 g/mol. The Kier molecular flexibility index (Phi) is 6.62. The van der Waals surface area contributed by atoms with Crippen LogP contribution < -0.4 is 5.32 Å². The topological polar surface area (TPSA) is 75.4 Å². The third-order valence-corrected chi connectivity index (χ3v) is 5.96. The van der Waals surface area contributed by atoms with Crippen LogP contribution in [0.5, 0.6) is 0 Å². The van der Waals surface area contributed by atoms with E-state index in [2.05, 4.69) is 10.3 Å². The van der Waals surface area contributed by atoms with E-state index in [1.807, 2.05) is 13.0 Å².